The third-order valence-electron chi connectivity index (χ3n) is 0.735. The first-order chi connectivity index (χ1) is 4.70. The number of urea groups is 1. The van der Waals surface area contributed by atoms with E-state index in [0.717, 1.165) is 0 Å². The van der Waals surface area contributed by atoms with E-state index in [1.165, 1.54) is 6.08 Å². The Bertz CT molecular complexity index is 146. The van der Waals surface area contributed by atoms with E-state index < -0.39 is 12.2 Å². The second-order valence-corrected chi connectivity index (χ2v) is 1.44. The van der Waals surface area contributed by atoms with Gasteiger partial charge in [0.05, 0.1) is 0 Å². The Labute approximate surface area is 58.3 Å². The zero-order valence-electron chi connectivity index (χ0n) is 5.28. The van der Waals surface area contributed by atoms with Gasteiger partial charge in [-0.2, -0.15) is 0 Å². The molecule has 0 saturated carbocycles. The summed E-state index contributed by atoms with van der Waals surface area (Å²) in [6, 6.07) is -0.740. The Hall–Kier alpha value is -1.52. The van der Waals surface area contributed by atoms with Crippen LogP contribution in [-0.2, 0) is 4.79 Å². The molecule has 55 valence electrons. The van der Waals surface area contributed by atoms with Gasteiger partial charge in [-0.3, -0.25) is 4.79 Å². The van der Waals surface area contributed by atoms with Crippen LogP contribution in [0.25, 0.3) is 0 Å². The minimum absolute atomic E-state index is 0.322. The Morgan fingerprint density at radius 1 is 1.80 bits per heavy atom. The molecule has 0 aliphatic rings. The second kappa shape index (κ2) is 4.37. The fourth-order valence-electron chi connectivity index (χ4n) is 0.368. The van der Waals surface area contributed by atoms with E-state index >= 15 is 0 Å². The molecule has 3 amide bonds. The van der Waals surface area contributed by atoms with Crippen molar-refractivity contribution in [3.8, 4) is 0 Å². The van der Waals surface area contributed by atoms with Gasteiger partial charge >= 0.3 is 6.03 Å². The van der Waals surface area contributed by atoms with Gasteiger partial charge in [0.25, 0.3) is 0 Å². The van der Waals surface area contributed by atoms with Crippen molar-refractivity contribution in [3.05, 3.63) is 12.7 Å². The lowest BCUT2D eigenvalue weighted by Gasteiger charge is -2.07. The molecule has 3 N–H and O–H groups in total. The molecular weight excluding hydrogens is 134 g/mol. The number of nitrogens with one attached hydrogen (secondary N) is 1. The molecule has 0 bridgehead atoms. The molecule has 10 heavy (non-hydrogen) atoms. The highest BCUT2D eigenvalue weighted by atomic mass is 16.2. The predicted molar refractivity (Wildman–Crippen MR) is 34.9 cm³/mol. The van der Waals surface area contributed by atoms with Gasteiger partial charge < -0.3 is 11.1 Å². The van der Waals surface area contributed by atoms with Crippen LogP contribution in [0.3, 0.4) is 0 Å². The number of carbonyl (C=O) groups excluding carboxylic acids is 2. The van der Waals surface area contributed by atoms with E-state index in [4.69, 9.17) is 5.73 Å². The van der Waals surface area contributed by atoms with Crippen molar-refractivity contribution >= 4 is 12.4 Å². The van der Waals surface area contributed by atoms with Crippen molar-refractivity contribution in [2.45, 2.75) is 6.17 Å². The molecule has 5 heteroatoms. The molecule has 0 aromatic rings. The van der Waals surface area contributed by atoms with E-state index in [9.17, 15) is 9.59 Å². The predicted octanol–water partition coefficient (Wildman–Crippen LogP) is -1.07. The molecule has 0 aromatic carbocycles. The van der Waals surface area contributed by atoms with Crippen LogP contribution in [0.1, 0.15) is 0 Å². The van der Waals surface area contributed by atoms with E-state index in [0.29, 0.717) is 6.41 Å². The van der Waals surface area contributed by atoms with E-state index in [-0.39, 0.29) is 0 Å². The molecule has 1 radical (unpaired) electrons. The Morgan fingerprint density at radius 3 is 2.70 bits per heavy atom. The summed E-state index contributed by atoms with van der Waals surface area (Å²) in [7, 11) is 0. The summed E-state index contributed by atoms with van der Waals surface area (Å²) in [5.74, 6) is 0. The van der Waals surface area contributed by atoms with Gasteiger partial charge in [0.15, 0.2) is 0 Å². The summed E-state index contributed by atoms with van der Waals surface area (Å²) in [6.45, 7) is 3.31. The first kappa shape index (κ1) is 8.48. The number of carbonyl (C=O) groups is 2. The standard InChI is InChI=1S/C5H8N3O2/c1-2-4(7-3-9)8-5(6)10/h2-4H,1H2,(H3,6,8,10). The SMILES string of the molecule is C=CC([N]C=O)NC(N)=O. The van der Waals surface area contributed by atoms with Gasteiger partial charge in [0, 0.05) is 0 Å². The quantitative estimate of drug-likeness (QED) is 0.386. The number of hydrogen-bond donors (Lipinski definition) is 2. The van der Waals surface area contributed by atoms with Crippen molar-refractivity contribution < 1.29 is 9.59 Å². The maximum Gasteiger partial charge on any atom is 0.314 e. The fraction of sp³-hybridized carbons (Fsp3) is 0.200. The monoisotopic (exact) mass is 142 g/mol. The molecular formula is C5H8N3O2. The zero-order valence-corrected chi connectivity index (χ0v) is 5.28. The first-order valence-corrected chi connectivity index (χ1v) is 2.53. The number of primary amides is 1. The van der Waals surface area contributed by atoms with Crippen LogP contribution in [0.4, 0.5) is 4.79 Å². The van der Waals surface area contributed by atoms with Crippen LogP contribution in [-0.4, -0.2) is 18.6 Å². The van der Waals surface area contributed by atoms with Crippen molar-refractivity contribution in [1.29, 1.82) is 0 Å². The van der Waals surface area contributed by atoms with Gasteiger partial charge in [-0.15, -0.1) is 0 Å². The van der Waals surface area contributed by atoms with Crippen molar-refractivity contribution in [2.24, 2.45) is 5.73 Å². The molecule has 1 unspecified atom stereocenters. The van der Waals surface area contributed by atoms with E-state index in [1.54, 1.807) is 0 Å². The lowest BCUT2D eigenvalue weighted by molar-refractivity contribution is -0.110. The van der Waals surface area contributed by atoms with Crippen LogP contribution < -0.4 is 16.4 Å². The molecule has 0 rings (SSSR count). The number of nitrogens with zero attached hydrogens (tertiary/aromatic N) is 1. The fourth-order valence-corrected chi connectivity index (χ4v) is 0.368. The Morgan fingerprint density at radius 2 is 2.40 bits per heavy atom. The summed E-state index contributed by atoms with van der Waals surface area (Å²) in [6.07, 6.45) is 0.900. The van der Waals surface area contributed by atoms with E-state index in [1.807, 2.05) is 0 Å². The molecule has 0 aliphatic carbocycles. The normalized spacial score (nSPS) is 11.2. The highest BCUT2D eigenvalue weighted by molar-refractivity contribution is 5.72. The number of rotatable bonds is 4. The maximum absolute atomic E-state index is 10.1. The third kappa shape index (κ3) is 3.48. The largest absolute Gasteiger partial charge is 0.352 e. The van der Waals surface area contributed by atoms with Crippen LogP contribution >= 0.6 is 0 Å². The highest BCUT2D eigenvalue weighted by Crippen LogP contribution is 1.76. The third-order valence-corrected chi connectivity index (χ3v) is 0.735. The number of amides is 3. The van der Waals surface area contributed by atoms with Crippen LogP contribution in [0.5, 0.6) is 0 Å². The van der Waals surface area contributed by atoms with Gasteiger partial charge in [-0.25, -0.2) is 10.1 Å². The van der Waals surface area contributed by atoms with Crippen LogP contribution in [0.2, 0.25) is 0 Å². The number of hydrogen-bond acceptors (Lipinski definition) is 2. The molecule has 0 aliphatic heterocycles. The van der Waals surface area contributed by atoms with Crippen molar-refractivity contribution in [2.75, 3.05) is 0 Å². The molecule has 0 fully saturated rings. The lowest BCUT2D eigenvalue weighted by Crippen LogP contribution is -2.42. The summed E-state index contributed by atoms with van der Waals surface area (Å²) in [5.41, 5.74) is 4.73. The summed E-state index contributed by atoms with van der Waals surface area (Å²) >= 11 is 0. The van der Waals surface area contributed by atoms with Gasteiger partial charge in [-0.1, -0.05) is 6.58 Å². The minimum atomic E-state index is -0.740. The van der Waals surface area contributed by atoms with Gasteiger partial charge in [0.2, 0.25) is 6.41 Å². The lowest BCUT2D eigenvalue weighted by atomic mass is 10.5. The summed E-state index contributed by atoms with van der Waals surface area (Å²) < 4.78 is 0. The van der Waals surface area contributed by atoms with Crippen LogP contribution in [0.15, 0.2) is 12.7 Å². The average molecular weight is 142 g/mol. The van der Waals surface area contributed by atoms with Crippen molar-refractivity contribution in [3.63, 3.8) is 0 Å². The number of nitrogens with two attached hydrogens (primary N) is 1. The average Bonchev–Trinajstić information content (AvgIpc) is 1.86. The van der Waals surface area contributed by atoms with Gasteiger partial charge in [0.1, 0.15) is 6.17 Å². The summed E-state index contributed by atoms with van der Waals surface area (Å²) in [4.78, 5) is 19.9. The Kier molecular flexibility index (Phi) is 3.70. The maximum atomic E-state index is 10.1. The smallest absolute Gasteiger partial charge is 0.314 e. The minimum Gasteiger partial charge on any atom is -0.352 e. The summed E-state index contributed by atoms with van der Waals surface area (Å²) in [5, 5.41) is 5.43. The first-order valence-electron chi connectivity index (χ1n) is 2.53. The topological polar surface area (TPSA) is 86.3 Å². The van der Waals surface area contributed by atoms with Crippen molar-refractivity contribution in [1.82, 2.24) is 10.6 Å². The van der Waals surface area contributed by atoms with E-state index in [2.05, 4.69) is 17.2 Å². The molecule has 0 spiro atoms. The zero-order chi connectivity index (χ0) is 7.98. The molecule has 5 nitrogen and oxygen atoms in total. The molecule has 1 atom stereocenters. The molecule has 0 aromatic heterocycles. The Balaban J connectivity index is 3.70. The second-order valence-electron chi connectivity index (χ2n) is 1.44. The molecule has 0 saturated heterocycles. The van der Waals surface area contributed by atoms with Gasteiger partial charge in [-0.05, 0) is 6.08 Å². The molecule has 0 heterocycles. The highest BCUT2D eigenvalue weighted by Gasteiger charge is 2.03. The van der Waals surface area contributed by atoms with Crippen LogP contribution in [0, 0.1) is 0 Å².